The highest BCUT2D eigenvalue weighted by Crippen LogP contribution is 2.45. The Labute approximate surface area is 296 Å². The Morgan fingerprint density at radius 2 is 1.76 bits per heavy atom. The first-order valence-corrected chi connectivity index (χ1v) is 17.4. The van der Waals surface area contributed by atoms with Gasteiger partial charge in [0.05, 0.1) is 11.1 Å². The molecule has 0 aliphatic carbocycles. The van der Waals surface area contributed by atoms with Crippen LogP contribution >= 0.6 is 0 Å². The minimum Gasteiger partial charge on any atom is -0.444 e. The predicted molar refractivity (Wildman–Crippen MR) is 191 cm³/mol. The summed E-state index contributed by atoms with van der Waals surface area (Å²) in [6, 6.07) is 15.1. The number of alkyl halides is 3. The minimum absolute atomic E-state index is 0.0598. The summed E-state index contributed by atoms with van der Waals surface area (Å²) in [5, 5.41) is 3.04. The van der Waals surface area contributed by atoms with Gasteiger partial charge in [-0.05, 0) is 81.7 Å². The summed E-state index contributed by atoms with van der Waals surface area (Å²) >= 11 is 0. The molecule has 1 aliphatic heterocycles. The van der Waals surface area contributed by atoms with Crippen LogP contribution in [0.15, 0.2) is 65.6 Å². The van der Waals surface area contributed by atoms with Crippen LogP contribution in [0.2, 0.25) is 0 Å². The van der Waals surface area contributed by atoms with Crippen molar-refractivity contribution in [2.24, 2.45) is 0 Å². The standard InChI is InChI=1S/C39H47F3N4O5/c1-25-9-6-11-31-34(39(40,41)42)36(46(35(25)31)19-8-20-50-5)29-10-7-18-45(24-29)33(48)22-30(44-37(49)51-38(2,3)4)21-26-12-14-27(15-13-26)28-16-17-32(47)43-23-28/h6,9,11-17,23,29-30H,7-8,10,18-22,24H2,1-5H3,(H,43,47)(H,44,49)/t29?,30-/m1/s1. The van der Waals surface area contributed by atoms with Crippen LogP contribution in [0.4, 0.5) is 18.0 Å². The Kier molecular flexibility index (Phi) is 11.6. The second kappa shape index (κ2) is 15.8. The highest BCUT2D eigenvalue weighted by molar-refractivity contribution is 5.89. The van der Waals surface area contributed by atoms with E-state index in [0.717, 1.165) is 22.3 Å². The van der Waals surface area contributed by atoms with Crippen LogP contribution in [0.1, 0.15) is 74.8 Å². The molecule has 4 aromatic rings. The van der Waals surface area contributed by atoms with Crippen molar-refractivity contribution in [2.75, 3.05) is 26.8 Å². The van der Waals surface area contributed by atoms with Crippen molar-refractivity contribution in [3.63, 3.8) is 0 Å². The molecule has 0 spiro atoms. The number of piperidine rings is 1. The molecule has 0 bridgehead atoms. The van der Waals surface area contributed by atoms with E-state index in [0.29, 0.717) is 50.9 Å². The van der Waals surface area contributed by atoms with Crippen molar-refractivity contribution in [2.45, 2.75) is 90.1 Å². The molecule has 0 radical (unpaired) electrons. The van der Waals surface area contributed by atoms with E-state index in [1.54, 1.807) is 55.7 Å². The first-order valence-electron chi connectivity index (χ1n) is 17.4. The van der Waals surface area contributed by atoms with Crippen molar-refractivity contribution in [1.29, 1.82) is 0 Å². The first-order chi connectivity index (χ1) is 24.1. The van der Waals surface area contributed by atoms with Gasteiger partial charge in [-0.2, -0.15) is 13.2 Å². The van der Waals surface area contributed by atoms with Gasteiger partial charge in [-0.15, -0.1) is 0 Å². The number of para-hydroxylation sites is 1. The van der Waals surface area contributed by atoms with Crippen molar-refractivity contribution in [1.82, 2.24) is 19.8 Å². The molecule has 51 heavy (non-hydrogen) atoms. The number of likely N-dealkylation sites (tertiary alicyclic amines) is 1. The zero-order valence-corrected chi connectivity index (χ0v) is 29.9. The smallest absolute Gasteiger partial charge is 0.418 e. The lowest BCUT2D eigenvalue weighted by Gasteiger charge is -2.35. The number of amides is 2. The quantitative estimate of drug-likeness (QED) is 0.156. The first kappa shape index (κ1) is 37.7. The normalized spacial score (nSPS) is 15.9. The van der Waals surface area contributed by atoms with E-state index in [9.17, 15) is 27.6 Å². The number of aromatic amines is 1. The maximum atomic E-state index is 14.9. The fourth-order valence-electron chi connectivity index (χ4n) is 7.06. The highest BCUT2D eigenvalue weighted by atomic mass is 19.4. The number of alkyl carbamates (subject to hydrolysis) is 1. The fourth-order valence-corrected chi connectivity index (χ4v) is 7.06. The van der Waals surface area contributed by atoms with Gasteiger partial charge in [0.2, 0.25) is 11.5 Å². The number of aromatic nitrogens is 2. The van der Waals surface area contributed by atoms with Crippen LogP contribution in [0.25, 0.3) is 22.0 Å². The molecule has 1 aliphatic rings. The van der Waals surface area contributed by atoms with E-state index >= 15 is 0 Å². The molecule has 9 nitrogen and oxygen atoms in total. The Hall–Kier alpha value is -4.58. The summed E-state index contributed by atoms with van der Waals surface area (Å²) in [5.74, 6) is -0.788. The molecular formula is C39H47F3N4O5. The van der Waals surface area contributed by atoms with Gasteiger partial charge in [-0.3, -0.25) is 9.59 Å². The van der Waals surface area contributed by atoms with E-state index in [-0.39, 0.29) is 35.5 Å². The Balaban J connectivity index is 1.40. The molecule has 2 atom stereocenters. The zero-order chi connectivity index (χ0) is 36.9. The van der Waals surface area contributed by atoms with Crippen LogP contribution in [0, 0.1) is 6.92 Å². The molecule has 2 aromatic carbocycles. The van der Waals surface area contributed by atoms with Crippen molar-refractivity contribution in [3.8, 4) is 11.1 Å². The predicted octanol–water partition coefficient (Wildman–Crippen LogP) is 7.59. The number of carbonyl (C=O) groups is 2. The summed E-state index contributed by atoms with van der Waals surface area (Å²) in [7, 11) is 1.57. The number of rotatable bonds is 11. The molecule has 1 saturated heterocycles. The lowest BCUT2D eigenvalue weighted by atomic mass is 9.90. The lowest BCUT2D eigenvalue weighted by Crippen LogP contribution is -2.46. The van der Waals surface area contributed by atoms with E-state index in [1.807, 2.05) is 37.3 Å². The number of hydrogen-bond donors (Lipinski definition) is 2. The van der Waals surface area contributed by atoms with Gasteiger partial charge < -0.3 is 29.2 Å². The maximum absolute atomic E-state index is 14.9. The summed E-state index contributed by atoms with van der Waals surface area (Å²) in [4.78, 5) is 42.7. The lowest BCUT2D eigenvalue weighted by molar-refractivity contribution is -0.137. The van der Waals surface area contributed by atoms with Crippen LogP contribution in [-0.4, -0.2) is 64.9 Å². The monoisotopic (exact) mass is 708 g/mol. The Bertz CT molecular complexity index is 1870. The molecule has 1 unspecified atom stereocenters. The van der Waals surface area contributed by atoms with Crippen molar-refractivity contribution >= 4 is 22.9 Å². The molecule has 2 aromatic heterocycles. The number of methoxy groups -OCH3 is 1. The number of ether oxygens (including phenoxy) is 2. The molecule has 0 saturated carbocycles. The Morgan fingerprint density at radius 3 is 2.41 bits per heavy atom. The molecule has 2 amide bonds. The second-order valence-corrected chi connectivity index (χ2v) is 14.3. The van der Waals surface area contributed by atoms with Gasteiger partial charge >= 0.3 is 12.3 Å². The summed E-state index contributed by atoms with van der Waals surface area (Å²) in [6.45, 7) is 8.38. The van der Waals surface area contributed by atoms with Crippen LogP contribution < -0.4 is 10.9 Å². The van der Waals surface area contributed by atoms with Crippen molar-refractivity contribution < 1.29 is 32.2 Å². The number of pyridine rings is 1. The van der Waals surface area contributed by atoms with Gasteiger partial charge in [0.15, 0.2) is 0 Å². The fraction of sp³-hybridized carbons (Fsp3) is 0.462. The number of aryl methyl sites for hydroxylation is 2. The third kappa shape index (κ3) is 9.40. The molecule has 3 heterocycles. The number of fused-ring (bicyclic) bond motifs is 1. The third-order valence-electron chi connectivity index (χ3n) is 9.19. The second-order valence-electron chi connectivity index (χ2n) is 14.3. The molecule has 274 valence electrons. The maximum Gasteiger partial charge on any atom is 0.418 e. The summed E-state index contributed by atoms with van der Waals surface area (Å²) in [5.41, 5.74) is 2.53. The molecule has 1 fully saturated rings. The summed E-state index contributed by atoms with van der Waals surface area (Å²) < 4.78 is 57.2. The number of halogens is 3. The number of nitrogens with one attached hydrogen (secondary N) is 2. The number of nitrogens with zero attached hydrogens (tertiary/aromatic N) is 2. The topological polar surface area (TPSA) is 106 Å². The minimum atomic E-state index is -4.59. The van der Waals surface area contributed by atoms with E-state index in [2.05, 4.69) is 10.3 Å². The number of H-pyrrole nitrogens is 1. The molecular weight excluding hydrogens is 661 g/mol. The molecule has 2 N–H and O–H groups in total. The van der Waals surface area contributed by atoms with Gasteiger partial charge in [0, 0.05) is 75.1 Å². The van der Waals surface area contributed by atoms with Gasteiger partial charge in [0.1, 0.15) is 5.60 Å². The Morgan fingerprint density at radius 1 is 1.04 bits per heavy atom. The number of carbonyl (C=O) groups excluding carboxylic acids is 2. The average Bonchev–Trinajstić information content (AvgIpc) is 3.41. The van der Waals surface area contributed by atoms with Gasteiger partial charge in [0.25, 0.3) is 0 Å². The van der Waals surface area contributed by atoms with E-state index < -0.39 is 35.4 Å². The summed E-state index contributed by atoms with van der Waals surface area (Å²) in [6.07, 6.45) is -1.76. The molecule has 12 heteroatoms. The highest BCUT2D eigenvalue weighted by Gasteiger charge is 2.42. The van der Waals surface area contributed by atoms with Crippen LogP contribution in [0.5, 0.6) is 0 Å². The van der Waals surface area contributed by atoms with E-state index in [1.165, 1.54) is 12.1 Å². The van der Waals surface area contributed by atoms with Gasteiger partial charge in [-0.1, -0.05) is 42.5 Å². The van der Waals surface area contributed by atoms with E-state index in [4.69, 9.17) is 9.47 Å². The average molecular weight is 709 g/mol. The van der Waals surface area contributed by atoms with Crippen LogP contribution in [-0.2, 0) is 33.4 Å². The SMILES string of the molecule is COCCCn1c(C2CCCN(C(=O)C[C@@H](Cc3ccc(-c4ccc(=O)[nH]c4)cc3)NC(=O)OC(C)(C)C)C2)c(C(F)(F)F)c2cccc(C)c21. The number of benzene rings is 2. The number of hydrogen-bond acceptors (Lipinski definition) is 5. The van der Waals surface area contributed by atoms with Crippen LogP contribution in [0.3, 0.4) is 0 Å². The molecule has 5 rings (SSSR count). The third-order valence-corrected chi connectivity index (χ3v) is 9.19. The largest absolute Gasteiger partial charge is 0.444 e. The zero-order valence-electron chi connectivity index (χ0n) is 29.9. The van der Waals surface area contributed by atoms with Crippen molar-refractivity contribution in [3.05, 3.63) is 93.5 Å². The van der Waals surface area contributed by atoms with Gasteiger partial charge in [-0.25, -0.2) is 4.79 Å².